The number of nitrogens with zero attached hydrogens (tertiary/aromatic N) is 6. The molecule has 9 rings (SSSR count). The number of H-pyrrole nitrogens is 2. The summed E-state index contributed by atoms with van der Waals surface area (Å²) < 4.78 is 74.7. The predicted molar refractivity (Wildman–Crippen MR) is 172 cm³/mol. The van der Waals surface area contributed by atoms with E-state index >= 15 is 0 Å². The average molecular weight is 729 g/mol. The number of hydrogen-bond acceptors (Lipinski definition) is 12. The first-order valence-corrected chi connectivity index (χ1v) is 17.1. The zero-order valence-electron chi connectivity index (χ0n) is 24.4. The average Bonchev–Trinajstić information content (AvgIpc) is 3.79. The van der Waals surface area contributed by atoms with Crippen molar-refractivity contribution < 1.29 is 43.0 Å². The summed E-state index contributed by atoms with van der Waals surface area (Å²) in [7, 11) is -11.0. The minimum absolute atomic E-state index is 0. The number of aromatic amines is 2. The molecule has 240 valence electrons. The summed E-state index contributed by atoms with van der Waals surface area (Å²) in [6.45, 7) is 0. The van der Waals surface area contributed by atoms with E-state index in [1.165, 1.54) is 6.07 Å². The number of benzene rings is 4. The van der Waals surface area contributed by atoms with Crippen LogP contribution in [0.5, 0.6) is 0 Å². The molecule has 8 bridgehead atoms. The Morgan fingerprint density at radius 1 is 0.449 bits per heavy atom. The van der Waals surface area contributed by atoms with Crippen molar-refractivity contribution in [2.24, 2.45) is 0 Å². The fourth-order valence-corrected chi connectivity index (χ4v) is 8.07. The van der Waals surface area contributed by atoms with E-state index < -0.39 is 35.4 Å². The van der Waals surface area contributed by atoms with Crippen LogP contribution in [-0.4, -0.2) is 65.8 Å². The van der Waals surface area contributed by atoms with Crippen LogP contribution >= 0.6 is 0 Å². The Morgan fingerprint density at radius 3 is 1.27 bits per heavy atom. The van der Waals surface area contributed by atoms with Gasteiger partial charge in [0, 0.05) is 43.8 Å². The molecule has 2 aliphatic heterocycles. The Bertz CT molecular complexity index is 2980. The van der Waals surface area contributed by atoms with E-state index in [4.69, 9.17) is 19.9 Å². The summed E-state index contributed by atoms with van der Waals surface area (Å²) >= 11 is 0. The van der Waals surface area contributed by atoms with Gasteiger partial charge in [0.25, 0.3) is 0 Å². The Labute approximate surface area is 286 Å². The second-order valence-electron chi connectivity index (χ2n) is 11.0. The number of nitrogens with one attached hydrogen (secondary N) is 2. The van der Waals surface area contributed by atoms with Gasteiger partial charge in [-0.05, 0) is 12.1 Å². The molecule has 0 amide bonds. The molecular formula is C32H16FeN8O6S2. The molecule has 0 atom stereocenters. The molecule has 7 aromatic rings. The molecule has 0 spiro atoms. The Kier molecular flexibility index (Phi) is 6.80. The standard InChI is InChI=1S/C32H18N8O6S2.Fe/c41-47(42,43)22-14-13-21-23(24(22)48(44,45)46)32-39-30-20-12-6-5-11-19(20)28(37-30)35-26-16-8-2-1-7-15(16)25(33-26)34-27-17-9-3-4-10-18(17)29(36-27)38-31(21)40-32;/h1-14H,(H,41,42,43)(H,44,45,46)(H2,33,34,35,36,37,38,39,40);/q;+2/p-2. The van der Waals surface area contributed by atoms with Gasteiger partial charge < -0.3 is 19.1 Å². The maximum atomic E-state index is 12.7. The number of fused-ring (bicyclic) bond motifs is 20. The number of aromatic nitrogens is 8. The van der Waals surface area contributed by atoms with Crippen LogP contribution in [0.2, 0.25) is 0 Å². The van der Waals surface area contributed by atoms with Gasteiger partial charge in [-0.25, -0.2) is 46.7 Å². The topological polar surface area (TPSA) is 223 Å². The molecule has 2 aliphatic rings. The monoisotopic (exact) mass is 728 g/mol. The zero-order valence-corrected chi connectivity index (χ0v) is 27.1. The van der Waals surface area contributed by atoms with E-state index in [9.17, 15) is 25.9 Å². The fourth-order valence-electron chi connectivity index (χ4n) is 6.13. The molecule has 4 aromatic carbocycles. The van der Waals surface area contributed by atoms with Gasteiger partial charge in [-0.3, -0.25) is 0 Å². The predicted octanol–water partition coefficient (Wildman–Crippen LogP) is 4.67. The largest absolute Gasteiger partial charge is 2.00 e. The van der Waals surface area contributed by atoms with E-state index in [0.717, 1.165) is 16.8 Å². The van der Waals surface area contributed by atoms with Crippen LogP contribution in [0, 0.1) is 0 Å². The van der Waals surface area contributed by atoms with E-state index in [0.29, 0.717) is 39.4 Å². The molecule has 0 saturated carbocycles. The first kappa shape index (κ1) is 30.9. The van der Waals surface area contributed by atoms with Crippen LogP contribution in [-0.2, 0) is 37.3 Å². The minimum atomic E-state index is -5.56. The first-order chi connectivity index (χ1) is 23.0. The summed E-state index contributed by atoms with van der Waals surface area (Å²) in [5.74, 6) is 0.876. The van der Waals surface area contributed by atoms with E-state index in [-0.39, 0.29) is 51.2 Å². The van der Waals surface area contributed by atoms with Crippen LogP contribution in [0.3, 0.4) is 0 Å². The maximum Gasteiger partial charge on any atom is 2.00 e. The van der Waals surface area contributed by atoms with Crippen LogP contribution in [0.15, 0.2) is 94.7 Å². The molecule has 0 aliphatic carbocycles. The maximum absolute atomic E-state index is 12.7. The van der Waals surface area contributed by atoms with Gasteiger partial charge >= 0.3 is 17.1 Å². The van der Waals surface area contributed by atoms with Crippen molar-refractivity contribution >= 4 is 64.4 Å². The Hall–Kier alpha value is -5.42. The number of hydrogen-bond donors (Lipinski definition) is 2. The fraction of sp³-hybridized carbons (Fsp3) is 0. The molecule has 3 aromatic heterocycles. The van der Waals surface area contributed by atoms with Crippen LogP contribution < -0.4 is 0 Å². The van der Waals surface area contributed by atoms with Gasteiger partial charge in [-0.2, -0.15) is 0 Å². The Morgan fingerprint density at radius 2 is 0.837 bits per heavy atom. The van der Waals surface area contributed by atoms with Crippen molar-refractivity contribution in [3.63, 3.8) is 0 Å². The summed E-state index contributed by atoms with van der Waals surface area (Å²) in [4.78, 5) is 32.2. The summed E-state index contributed by atoms with van der Waals surface area (Å²) in [6.07, 6.45) is 0. The van der Waals surface area contributed by atoms with Gasteiger partial charge in [0.1, 0.15) is 42.8 Å². The number of rotatable bonds is 2. The van der Waals surface area contributed by atoms with Gasteiger partial charge in [0.15, 0.2) is 23.3 Å². The first-order valence-electron chi connectivity index (χ1n) is 14.2. The molecule has 0 radical (unpaired) electrons. The van der Waals surface area contributed by atoms with Crippen LogP contribution in [0.25, 0.3) is 89.7 Å². The van der Waals surface area contributed by atoms with Gasteiger partial charge in [-0.15, -0.1) is 0 Å². The molecule has 0 unspecified atom stereocenters. The summed E-state index contributed by atoms with van der Waals surface area (Å²) in [5, 5.41) is 1.13. The van der Waals surface area contributed by atoms with Crippen LogP contribution in [0.1, 0.15) is 0 Å². The summed E-state index contributed by atoms with van der Waals surface area (Å²) in [6, 6.07) is 23.8. The third-order valence-electron chi connectivity index (χ3n) is 8.16. The molecule has 49 heavy (non-hydrogen) atoms. The minimum Gasteiger partial charge on any atom is -0.744 e. The second-order valence-corrected chi connectivity index (χ2v) is 13.6. The van der Waals surface area contributed by atoms with Gasteiger partial charge in [0.05, 0.1) is 9.79 Å². The molecule has 0 fully saturated rings. The normalized spacial score (nSPS) is 12.4. The van der Waals surface area contributed by atoms with E-state index in [1.807, 2.05) is 36.4 Å². The Balaban J connectivity index is 0.00000348. The third-order valence-corrected chi connectivity index (χ3v) is 10.1. The van der Waals surface area contributed by atoms with Crippen molar-refractivity contribution in [2.75, 3.05) is 0 Å². The smallest absolute Gasteiger partial charge is 0.744 e. The van der Waals surface area contributed by atoms with Gasteiger partial charge in [-0.1, -0.05) is 72.8 Å². The molecule has 0 saturated heterocycles. The van der Waals surface area contributed by atoms with Crippen molar-refractivity contribution in [2.45, 2.75) is 9.79 Å². The third kappa shape index (κ3) is 4.82. The van der Waals surface area contributed by atoms with Crippen molar-refractivity contribution in [3.8, 4) is 45.6 Å². The second kappa shape index (κ2) is 10.8. The molecule has 14 nitrogen and oxygen atoms in total. The SMILES string of the molecule is O=S(=O)([O-])c1ccc2c3nc4nc(nc5[nH]c(nc6nc(nc([nH]3)c2c1S(=O)(=O)[O-])-c1ccccc1-6)c1ccccc51)-c1ccccc1-4.[Fe+2]. The molecule has 5 heterocycles. The molecular weight excluding hydrogens is 712 g/mol. The summed E-state index contributed by atoms with van der Waals surface area (Å²) in [5.41, 5.74) is 3.08. The van der Waals surface area contributed by atoms with Gasteiger partial charge in [0.2, 0.25) is 0 Å². The zero-order chi connectivity index (χ0) is 32.9. The quantitative estimate of drug-likeness (QED) is 0.183. The van der Waals surface area contributed by atoms with Crippen molar-refractivity contribution in [1.82, 2.24) is 39.9 Å². The molecule has 2 N–H and O–H groups in total. The van der Waals surface area contributed by atoms with Crippen molar-refractivity contribution in [3.05, 3.63) is 84.9 Å². The molecule has 17 heteroatoms. The van der Waals surface area contributed by atoms with Crippen molar-refractivity contribution in [1.29, 1.82) is 0 Å². The van der Waals surface area contributed by atoms with E-state index in [2.05, 4.69) is 19.9 Å². The van der Waals surface area contributed by atoms with E-state index in [1.54, 1.807) is 36.4 Å². The van der Waals surface area contributed by atoms with Crippen LogP contribution in [0.4, 0.5) is 0 Å².